The molecule has 1 atom stereocenters. The highest BCUT2D eigenvalue weighted by Crippen LogP contribution is 2.12. The third kappa shape index (κ3) is 5.88. The summed E-state index contributed by atoms with van der Waals surface area (Å²) in [5.41, 5.74) is 2.53. The molecule has 1 aromatic carbocycles. The average Bonchev–Trinajstić information content (AvgIpc) is 2.51. The van der Waals surface area contributed by atoms with Crippen LogP contribution in [-0.4, -0.2) is 23.9 Å². The number of amides is 1. The van der Waals surface area contributed by atoms with Crippen molar-refractivity contribution >= 4 is 5.91 Å². The standard InChI is InChI=1S/C18H30N2O/c1-5-10-15(4)18(21)19-13-16-11-8-9-12-17(16)14-20(6-2)7-3/h8-9,11-12,15H,5-7,10,13-14H2,1-4H3,(H,19,21). The molecule has 0 aromatic heterocycles. The van der Waals surface area contributed by atoms with Crippen molar-refractivity contribution in [3.8, 4) is 0 Å². The SMILES string of the molecule is CCCC(C)C(=O)NCc1ccccc1CN(CC)CC. The van der Waals surface area contributed by atoms with E-state index in [0.717, 1.165) is 32.5 Å². The third-order valence-corrected chi connectivity index (χ3v) is 4.03. The second-order valence-corrected chi connectivity index (χ2v) is 5.64. The largest absolute Gasteiger partial charge is 0.352 e. The van der Waals surface area contributed by atoms with Crippen molar-refractivity contribution in [2.45, 2.75) is 53.6 Å². The van der Waals surface area contributed by atoms with Crippen LogP contribution in [-0.2, 0) is 17.9 Å². The fourth-order valence-corrected chi connectivity index (χ4v) is 2.49. The van der Waals surface area contributed by atoms with Gasteiger partial charge in [-0.3, -0.25) is 9.69 Å². The summed E-state index contributed by atoms with van der Waals surface area (Å²) in [5, 5.41) is 3.08. The predicted octanol–water partition coefficient (Wildman–Crippen LogP) is 3.58. The molecule has 0 fully saturated rings. The first-order valence-corrected chi connectivity index (χ1v) is 8.19. The summed E-state index contributed by atoms with van der Waals surface area (Å²) in [4.78, 5) is 14.4. The van der Waals surface area contributed by atoms with Crippen molar-refractivity contribution in [2.24, 2.45) is 5.92 Å². The molecule has 0 aliphatic rings. The maximum absolute atomic E-state index is 12.0. The van der Waals surface area contributed by atoms with Gasteiger partial charge in [-0.25, -0.2) is 0 Å². The molecule has 0 heterocycles. The summed E-state index contributed by atoms with van der Waals surface area (Å²) in [6.45, 7) is 12.1. The monoisotopic (exact) mass is 290 g/mol. The van der Waals surface area contributed by atoms with E-state index in [1.54, 1.807) is 0 Å². The van der Waals surface area contributed by atoms with E-state index < -0.39 is 0 Å². The van der Waals surface area contributed by atoms with Crippen molar-refractivity contribution < 1.29 is 4.79 Å². The lowest BCUT2D eigenvalue weighted by molar-refractivity contribution is -0.124. The van der Waals surface area contributed by atoms with Crippen LogP contribution in [0.5, 0.6) is 0 Å². The maximum Gasteiger partial charge on any atom is 0.223 e. The third-order valence-electron chi connectivity index (χ3n) is 4.03. The van der Waals surface area contributed by atoms with Gasteiger partial charge in [-0.05, 0) is 30.6 Å². The Morgan fingerprint density at radius 3 is 2.33 bits per heavy atom. The number of carbonyl (C=O) groups is 1. The zero-order valence-corrected chi connectivity index (χ0v) is 14.0. The molecule has 1 N–H and O–H groups in total. The van der Waals surface area contributed by atoms with E-state index in [2.05, 4.69) is 49.2 Å². The Bertz CT molecular complexity index is 427. The van der Waals surface area contributed by atoms with Gasteiger partial charge in [0.2, 0.25) is 5.91 Å². The topological polar surface area (TPSA) is 32.3 Å². The van der Waals surface area contributed by atoms with Gasteiger partial charge < -0.3 is 5.32 Å². The summed E-state index contributed by atoms with van der Waals surface area (Å²) < 4.78 is 0. The molecule has 3 nitrogen and oxygen atoms in total. The maximum atomic E-state index is 12.0. The number of benzene rings is 1. The second-order valence-electron chi connectivity index (χ2n) is 5.64. The summed E-state index contributed by atoms with van der Waals surface area (Å²) in [6.07, 6.45) is 2.00. The Morgan fingerprint density at radius 2 is 1.76 bits per heavy atom. The molecule has 0 saturated carbocycles. The number of carbonyl (C=O) groups excluding carboxylic acids is 1. The summed E-state index contributed by atoms with van der Waals surface area (Å²) in [5.74, 6) is 0.263. The lowest BCUT2D eigenvalue weighted by atomic mass is 10.0. The predicted molar refractivity (Wildman–Crippen MR) is 89.0 cm³/mol. The van der Waals surface area contributed by atoms with Gasteiger partial charge in [0.15, 0.2) is 0 Å². The first-order valence-electron chi connectivity index (χ1n) is 8.19. The molecular weight excluding hydrogens is 260 g/mol. The van der Waals surface area contributed by atoms with Gasteiger partial charge in [0.25, 0.3) is 0 Å². The molecule has 1 amide bonds. The van der Waals surface area contributed by atoms with Crippen LogP contribution < -0.4 is 5.32 Å². The highest BCUT2D eigenvalue weighted by atomic mass is 16.1. The first kappa shape index (κ1) is 17.7. The Kier molecular flexibility index (Phi) is 8.06. The van der Waals surface area contributed by atoms with Crippen molar-refractivity contribution in [2.75, 3.05) is 13.1 Å². The molecule has 0 spiro atoms. The number of nitrogens with zero attached hydrogens (tertiary/aromatic N) is 1. The summed E-state index contributed by atoms with van der Waals surface area (Å²) >= 11 is 0. The first-order chi connectivity index (χ1) is 10.1. The van der Waals surface area contributed by atoms with E-state index in [9.17, 15) is 4.79 Å². The van der Waals surface area contributed by atoms with Crippen LogP contribution in [0.4, 0.5) is 0 Å². The number of nitrogens with one attached hydrogen (secondary N) is 1. The Hall–Kier alpha value is -1.35. The Balaban J connectivity index is 2.64. The van der Waals surface area contributed by atoms with E-state index in [-0.39, 0.29) is 11.8 Å². The Labute approximate surface area is 129 Å². The van der Waals surface area contributed by atoms with Crippen LogP contribution in [0, 0.1) is 5.92 Å². The minimum atomic E-state index is 0.102. The summed E-state index contributed by atoms with van der Waals surface area (Å²) in [7, 11) is 0. The molecular formula is C18H30N2O. The van der Waals surface area contributed by atoms with Crippen LogP contribution in [0.15, 0.2) is 24.3 Å². The molecule has 0 saturated heterocycles. The van der Waals surface area contributed by atoms with Gasteiger partial charge in [-0.2, -0.15) is 0 Å². The molecule has 0 aliphatic heterocycles. The molecule has 1 aromatic rings. The van der Waals surface area contributed by atoms with Gasteiger partial charge >= 0.3 is 0 Å². The number of hydrogen-bond donors (Lipinski definition) is 1. The van der Waals surface area contributed by atoms with E-state index >= 15 is 0 Å². The van der Waals surface area contributed by atoms with Crippen molar-refractivity contribution in [1.82, 2.24) is 10.2 Å². The zero-order valence-electron chi connectivity index (χ0n) is 14.0. The highest BCUT2D eigenvalue weighted by Gasteiger charge is 2.12. The molecule has 0 radical (unpaired) electrons. The fourth-order valence-electron chi connectivity index (χ4n) is 2.49. The number of hydrogen-bond acceptors (Lipinski definition) is 2. The van der Waals surface area contributed by atoms with E-state index in [0.29, 0.717) is 6.54 Å². The minimum Gasteiger partial charge on any atom is -0.352 e. The number of rotatable bonds is 9. The van der Waals surface area contributed by atoms with Crippen LogP contribution in [0.25, 0.3) is 0 Å². The molecule has 118 valence electrons. The molecule has 1 unspecified atom stereocenters. The van der Waals surface area contributed by atoms with E-state index in [1.165, 1.54) is 11.1 Å². The van der Waals surface area contributed by atoms with Gasteiger partial charge in [-0.1, -0.05) is 58.4 Å². The van der Waals surface area contributed by atoms with Gasteiger partial charge in [-0.15, -0.1) is 0 Å². The average molecular weight is 290 g/mol. The van der Waals surface area contributed by atoms with Crippen LogP contribution in [0.3, 0.4) is 0 Å². The second kappa shape index (κ2) is 9.56. The lowest BCUT2D eigenvalue weighted by Gasteiger charge is -2.20. The fraction of sp³-hybridized carbons (Fsp3) is 0.611. The normalized spacial score (nSPS) is 12.4. The van der Waals surface area contributed by atoms with Gasteiger partial charge in [0, 0.05) is 19.0 Å². The van der Waals surface area contributed by atoms with Crippen molar-refractivity contribution in [3.05, 3.63) is 35.4 Å². The zero-order chi connectivity index (χ0) is 15.7. The molecule has 21 heavy (non-hydrogen) atoms. The molecule has 3 heteroatoms. The van der Waals surface area contributed by atoms with Crippen LogP contribution in [0.1, 0.15) is 51.7 Å². The van der Waals surface area contributed by atoms with Crippen LogP contribution in [0.2, 0.25) is 0 Å². The van der Waals surface area contributed by atoms with Crippen molar-refractivity contribution in [1.29, 1.82) is 0 Å². The molecule has 0 bridgehead atoms. The minimum absolute atomic E-state index is 0.102. The van der Waals surface area contributed by atoms with Gasteiger partial charge in [0.05, 0.1) is 0 Å². The van der Waals surface area contributed by atoms with Gasteiger partial charge in [0.1, 0.15) is 0 Å². The van der Waals surface area contributed by atoms with E-state index in [4.69, 9.17) is 0 Å². The van der Waals surface area contributed by atoms with Crippen LogP contribution >= 0.6 is 0 Å². The highest BCUT2D eigenvalue weighted by molar-refractivity contribution is 5.78. The van der Waals surface area contributed by atoms with E-state index in [1.807, 2.05) is 13.0 Å². The van der Waals surface area contributed by atoms with Crippen molar-refractivity contribution in [3.63, 3.8) is 0 Å². The Morgan fingerprint density at radius 1 is 1.14 bits per heavy atom. The quantitative estimate of drug-likeness (QED) is 0.754. The molecule has 1 rings (SSSR count). The lowest BCUT2D eigenvalue weighted by Crippen LogP contribution is -2.29. The molecule has 0 aliphatic carbocycles. The summed E-state index contributed by atoms with van der Waals surface area (Å²) in [6, 6.07) is 8.39. The smallest absolute Gasteiger partial charge is 0.223 e.